The van der Waals surface area contributed by atoms with Crippen LogP contribution in [-0.2, 0) is 0 Å². The summed E-state index contributed by atoms with van der Waals surface area (Å²) in [5.74, 6) is -3.06. The van der Waals surface area contributed by atoms with E-state index >= 15 is 0 Å². The predicted octanol–water partition coefficient (Wildman–Crippen LogP) is 3.39. The molecule has 1 aromatic carbocycles. The maximum Gasteiger partial charge on any atom is 0.170 e. The molecule has 0 amide bonds. The Balaban J connectivity index is 2.16. The molecule has 6 nitrogen and oxygen atoms in total. The van der Waals surface area contributed by atoms with E-state index in [2.05, 4.69) is 26.0 Å². The predicted molar refractivity (Wildman–Crippen MR) is 94.4 cm³/mol. The number of carbonyl (C=O) groups is 1. The molecular weight excluding hydrogens is 408 g/mol. The molecule has 1 atom stereocenters. The molecule has 0 aliphatic rings. The van der Waals surface area contributed by atoms with Gasteiger partial charge in [-0.25, -0.2) is 13.5 Å². The Morgan fingerprint density at radius 2 is 2.08 bits per heavy atom. The summed E-state index contributed by atoms with van der Waals surface area (Å²) in [6.07, 6.45) is 1.90. The first-order valence-electron chi connectivity index (χ1n) is 7.45. The number of carbonyl (C=O) groups excluding carboxylic acids is 1. The smallest absolute Gasteiger partial charge is 0.170 e. The number of nitrogens with zero attached hydrogens (tertiary/aromatic N) is 3. The Morgan fingerprint density at radius 1 is 1.35 bits per heavy atom. The second kappa shape index (κ2) is 6.83. The van der Waals surface area contributed by atoms with Gasteiger partial charge >= 0.3 is 0 Å². The zero-order chi connectivity index (χ0) is 19.0. The third-order valence-electron chi connectivity index (χ3n) is 3.93. The quantitative estimate of drug-likeness (QED) is 0.386. The highest BCUT2D eigenvalue weighted by Gasteiger charge is 2.24. The van der Waals surface area contributed by atoms with E-state index in [0.717, 1.165) is 10.7 Å². The van der Waals surface area contributed by atoms with Gasteiger partial charge in [-0.05, 0) is 34.1 Å². The van der Waals surface area contributed by atoms with Gasteiger partial charge in [0.2, 0.25) is 0 Å². The van der Waals surface area contributed by atoms with Gasteiger partial charge in [0, 0.05) is 33.6 Å². The number of pyridine rings is 1. The number of benzene rings is 1. The number of nitrogens with one attached hydrogen (secondary N) is 2. The van der Waals surface area contributed by atoms with Gasteiger partial charge in [-0.3, -0.25) is 20.6 Å². The van der Waals surface area contributed by atoms with Crippen LogP contribution >= 0.6 is 15.9 Å². The fraction of sp³-hybridized carbons (Fsp3) is 0.118. The van der Waals surface area contributed by atoms with Crippen LogP contribution in [-0.4, -0.2) is 26.9 Å². The molecule has 1 unspecified atom stereocenters. The number of hydrogen-bond donors (Lipinski definition) is 2. The largest absolute Gasteiger partial charge is 0.296 e. The van der Waals surface area contributed by atoms with Crippen molar-refractivity contribution in [1.29, 1.82) is 10.8 Å². The summed E-state index contributed by atoms with van der Waals surface area (Å²) < 4.78 is 30.9. The average molecular weight is 420 g/mol. The van der Waals surface area contributed by atoms with Gasteiger partial charge in [0.1, 0.15) is 28.7 Å². The normalized spacial score (nSPS) is 12.2. The molecule has 0 radical (unpaired) electrons. The van der Waals surface area contributed by atoms with Crippen molar-refractivity contribution in [2.45, 2.75) is 12.8 Å². The van der Waals surface area contributed by atoms with Crippen molar-refractivity contribution >= 4 is 39.0 Å². The standard InChI is InChI=1S/C17H12BrF2N5O/c1-8(17(22)25-14(21)3-2-10(7-26)24-25)15-12(19)5-13-11(16(15)20)4-9(18)6-23-13/h2-8,21-22H,1H3. The van der Waals surface area contributed by atoms with Gasteiger partial charge in [-0.15, -0.1) is 0 Å². The van der Waals surface area contributed by atoms with Gasteiger partial charge in [0.05, 0.1) is 5.52 Å². The molecule has 3 rings (SSSR count). The Bertz CT molecular complexity index is 1110. The Hall–Kier alpha value is -2.81. The van der Waals surface area contributed by atoms with Crippen molar-refractivity contribution in [3.8, 4) is 0 Å². The summed E-state index contributed by atoms with van der Waals surface area (Å²) in [5, 5.41) is 20.0. The van der Waals surface area contributed by atoms with E-state index < -0.39 is 17.6 Å². The maximum atomic E-state index is 15.0. The molecule has 0 bridgehead atoms. The number of fused-ring (bicyclic) bond motifs is 1. The number of rotatable bonds is 3. The second-order valence-corrected chi connectivity index (χ2v) is 6.50. The third-order valence-corrected chi connectivity index (χ3v) is 4.36. The minimum atomic E-state index is -1.05. The monoisotopic (exact) mass is 419 g/mol. The average Bonchev–Trinajstić information content (AvgIpc) is 2.62. The molecule has 26 heavy (non-hydrogen) atoms. The number of aldehydes is 1. The van der Waals surface area contributed by atoms with Crippen LogP contribution in [0.2, 0.25) is 0 Å². The van der Waals surface area contributed by atoms with E-state index in [1.165, 1.54) is 31.3 Å². The molecule has 9 heteroatoms. The topological polar surface area (TPSA) is 95.5 Å². The lowest BCUT2D eigenvalue weighted by Crippen LogP contribution is -2.33. The molecule has 2 aromatic heterocycles. The van der Waals surface area contributed by atoms with Crippen molar-refractivity contribution in [3.05, 3.63) is 63.3 Å². The third kappa shape index (κ3) is 3.05. The highest BCUT2D eigenvalue weighted by atomic mass is 79.9. The van der Waals surface area contributed by atoms with Gasteiger partial charge in [0.15, 0.2) is 6.29 Å². The zero-order valence-electron chi connectivity index (χ0n) is 13.4. The molecule has 0 fully saturated rings. The van der Waals surface area contributed by atoms with Crippen LogP contribution in [0, 0.1) is 22.5 Å². The summed E-state index contributed by atoms with van der Waals surface area (Å²) >= 11 is 3.20. The van der Waals surface area contributed by atoms with E-state index in [4.69, 9.17) is 10.8 Å². The molecular formula is C17H12BrF2N5O. The van der Waals surface area contributed by atoms with Crippen LogP contribution in [0.5, 0.6) is 0 Å². The molecule has 2 N–H and O–H groups in total. The zero-order valence-corrected chi connectivity index (χ0v) is 15.0. The van der Waals surface area contributed by atoms with Crippen LogP contribution < -0.4 is 5.49 Å². The van der Waals surface area contributed by atoms with Crippen molar-refractivity contribution in [3.63, 3.8) is 0 Å². The summed E-state index contributed by atoms with van der Waals surface area (Å²) in [7, 11) is 0. The van der Waals surface area contributed by atoms with Crippen molar-refractivity contribution in [2.75, 3.05) is 0 Å². The van der Waals surface area contributed by atoms with Crippen LogP contribution in [0.15, 0.2) is 34.9 Å². The van der Waals surface area contributed by atoms with Crippen LogP contribution in [0.25, 0.3) is 10.9 Å². The molecule has 0 saturated heterocycles. The van der Waals surface area contributed by atoms with Crippen molar-refractivity contribution in [1.82, 2.24) is 14.8 Å². The van der Waals surface area contributed by atoms with Crippen molar-refractivity contribution in [2.24, 2.45) is 0 Å². The molecule has 0 aliphatic heterocycles. The van der Waals surface area contributed by atoms with Gasteiger partial charge in [0.25, 0.3) is 0 Å². The second-order valence-electron chi connectivity index (χ2n) is 5.59. The Labute approximate surface area is 154 Å². The van der Waals surface area contributed by atoms with E-state index in [0.29, 0.717) is 10.8 Å². The van der Waals surface area contributed by atoms with Gasteiger partial charge in [-0.1, -0.05) is 6.92 Å². The van der Waals surface area contributed by atoms with Crippen molar-refractivity contribution < 1.29 is 13.6 Å². The fourth-order valence-corrected chi connectivity index (χ4v) is 2.92. The molecule has 3 aromatic rings. The van der Waals surface area contributed by atoms with E-state index in [9.17, 15) is 13.6 Å². The first kappa shape index (κ1) is 18.0. The fourth-order valence-electron chi connectivity index (χ4n) is 2.59. The lowest BCUT2D eigenvalue weighted by molar-refractivity contribution is 0.111. The first-order chi connectivity index (χ1) is 12.3. The number of halogens is 3. The van der Waals surface area contributed by atoms with Crippen LogP contribution in [0.3, 0.4) is 0 Å². The number of hydrogen-bond acceptors (Lipinski definition) is 5. The van der Waals surface area contributed by atoms with E-state index in [1.807, 2.05) is 0 Å². The maximum absolute atomic E-state index is 15.0. The Kier molecular flexibility index (Phi) is 4.73. The highest BCUT2D eigenvalue weighted by Crippen LogP contribution is 2.30. The SMILES string of the molecule is CC(C(=N)n1nc(C=O)ccc1=N)c1c(F)cc2ncc(Br)cc2c1F. The lowest BCUT2D eigenvalue weighted by atomic mass is 9.96. The first-order valence-corrected chi connectivity index (χ1v) is 8.25. The summed E-state index contributed by atoms with van der Waals surface area (Å²) in [6, 6.07) is 5.19. The van der Waals surface area contributed by atoms with E-state index in [1.54, 1.807) is 0 Å². The van der Waals surface area contributed by atoms with Gasteiger partial charge in [-0.2, -0.15) is 5.10 Å². The molecule has 132 valence electrons. The van der Waals surface area contributed by atoms with Gasteiger partial charge < -0.3 is 0 Å². The minimum absolute atomic E-state index is 0.00513. The molecule has 0 saturated carbocycles. The van der Waals surface area contributed by atoms with E-state index in [-0.39, 0.29) is 33.5 Å². The summed E-state index contributed by atoms with van der Waals surface area (Å²) in [5.41, 5.74) is -0.350. The van der Waals surface area contributed by atoms with Crippen LogP contribution in [0.4, 0.5) is 8.78 Å². The van der Waals surface area contributed by atoms with Crippen LogP contribution in [0.1, 0.15) is 28.9 Å². The molecule has 0 aliphatic carbocycles. The molecule has 0 spiro atoms. The lowest BCUT2D eigenvalue weighted by Gasteiger charge is -2.17. The Morgan fingerprint density at radius 3 is 2.77 bits per heavy atom. The summed E-state index contributed by atoms with van der Waals surface area (Å²) in [6.45, 7) is 1.43. The minimum Gasteiger partial charge on any atom is -0.296 e. The number of aromatic nitrogens is 3. The highest BCUT2D eigenvalue weighted by molar-refractivity contribution is 9.10. The summed E-state index contributed by atoms with van der Waals surface area (Å²) in [4.78, 5) is 14.9. The molecule has 2 heterocycles.